The van der Waals surface area contributed by atoms with Gasteiger partial charge in [0, 0.05) is 17.1 Å². The second-order valence-electron chi connectivity index (χ2n) is 5.59. The summed E-state index contributed by atoms with van der Waals surface area (Å²) >= 11 is 0. The Balaban J connectivity index is 2.55. The van der Waals surface area contributed by atoms with Crippen molar-refractivity contribution in [2.24, 2.45) is 0 Å². The van der Waals surface area contributed by atoms with Gasteiger partial charge in [-0.2, -0.15) is 5.26 Å². The number of benzene rings is 2. The molecule has 5 heteroatoms. The number of nitrogens with two attached hydrogens (primary N) is 1. The van der Waals surface area contributed by atoms with E-state index in [1.165, 1.54) is 0 Å². The van der Waals surface area contributed by atoms with Gasteiger partial charge in [0.1, 0.15) is 6.54 Å². The van der Waals surface area contributed by atoms with Crippen LogP contribution in [0.4, 0.5) is 17.1 Å². The van der Waals surface area contributed by atoms with Gasteiger partial charge in [-0.1, -0.05) is 19.4 Å². The van der Waals surface area contributed by atoms with Crippen LogP contribution in [-0.2, 0) is 11.2 Å². The van der Waals surface area contributed by atoms with Gasteiger partial charge in [0.25, 0.3) is 0 Å². The molecular weight excluding hydrogens is 302 g/mol. The highest BCUT2D eigenvalue weighted by atomic mass is 16.4. The summed E-state index contributed by atoms with van der Waals surface area (Å²) in [6, 6.07) is 14.7. The van der Waals surface area contributed by atoms with Gasteiger partial charge >= 0.3 is 5.97 Å². The number of nitrogen functional groups attached to an aromatic ring is 1. The van der Waals surface area contributed by atoms with Gasteiger partial charge in [0.05, 0.1) is 11.6 Å². The highest BCUT2D eigenvalue weighted by molar-refractivity contribution is 5.80. The zero-order chi connectivity index (χ0) is 17.5. The maximum absolute atomic E-state index is 11.4. The number of hydrogen-bond acceptors (Lipinski definition) is 4. The molecule has 0 aromatic heterocycles. The van der Waals surface area contributed by atoms with Crippen molar-refractivity contribution in [1.29, 1.82) is 5.26 Å². The normalized spacial score (nSPS) is 10.2. The molecule has 0 unspecified atom stereocenters. The van der Waals surface area contributed by atoms with Gasteiger partial charge in [-0.25, -0.2) is 0 Å². The highest BCUT2D eigenvalue weighted by Gasteiger charge is 2.18. The Hall–Kier alpha value is -3.00. The molecule has 0 atom stereocenters. The first-order valence-electron chi connectivity index (χ1n) is 7.93. The summed E-state index contributed by atoms with van der Waals surface area (Å²) < 4.78 is 0. The number of hydrogen-bond donors (Lipinski definition) is 2. The topological polar surface area (TPSA) is 90.3 Å². The van der Waals surface area contributed by atoms with E-state index >= 15 is 0 Å². The number of aliphatic carboxylic acids is 1. The summed E-state index contributed by atoms with van der Waals surface area (Å²) in [5, 5.41) is 18.7. The molecule has 3 N–H and O–H groups in total. The smallest absolute Gasteiger partial charge is 0.323 e. The molecule has 0 spiro atoms. The van der Waals surface area contributed by atoms with Crippen LogP contribution in [0, 0.1) is 11.3 Å². The third-order valence-electron chi connectivity index (χ3n) is 3.84. The summed E-state index contributed by atoms with van der Waals surface area (Å²) in [4.78, 5) is 13.1. The third-order valence-corrected chi connectivity index (χ3v) is 3.84. The molecule has 0 saturated carbocycles. The minimum atomic E-state index is -0.935. The van der Waals surface area contributed by atoms with Crippen LogP contribution in [0.25, 0.3) is 0 Å². The quantitative estimate of drug-likeness (QED) is 0.758. The van der Waals surface area contributed by atoms with Crippen LogP contribution in [0.3, 0.4) is 0 Å². The predicted molar refractivity (Wildman–Crippen MR) is 95.3 cm³/mol. The van der Waals surface area contributed by atoms with Crippen LogP contribution in [0.15, 0.2) is 42.5 Å². The standard InChI is InChI=1S/C19H21N3O2/c1-2-3-6-17-14(12-20)5-4-7-18(17)22(13-19(23)24)16-10-8-15(21)9-11-16/h4-5,7-11H,2-3,6,13,21H2,1H3,(H,23,24). The van der Waals surface area contributed by atoms with Gasteiger partial charge in [-0.15, -0.1) is 0 Å². The first-order valence-corrected chi connectivity index (χ1v) is 7.93. The molecule has 2 aromatic carbocycles. The molecule has 0 radical (unpaired) electrons. The molecular formula is C19H21N3O2. The van der Waals surface area contributed by atoms with E-state index in [0.29, 0.717) is 11.3 Å². The van der Waals surface area contributed by atoms with Crippen LogP contribution in [0.1, 0.15) is 30.9 Å². The second-order valence-corrected chi connectivity index (χ2v) is 5.59. The molecule has 0 aliphatic heterocycles. The average molecular weight is 323 g/mol. The van der Waals surface area contributed by atoms with Crippen molar-refractivity contribution in [3.8, 4) is 6.07 Å². The third kappa shape index (κ3) is 4.05. The number of unbranched alkanes of at least 4 members (excludes halogenated alkanes) is 1. The summed E-state index contributed by atoms with van der Waals surface area (Å²) in [5.41, 5.74) is 9.32. The van der Waals surface area contributed by atoms with Crippen molar-refractivity contribution in [3.05, 3.63) is 53.6 Å². The lowest BCUT2D eigenvalue weighted by atomic mass is 9.99. The number of nitrogens with zero attached hydrogens (tertiary/aromatic N) is 2. The lowest BCUT2D eigenvalue weighted by Crippen LogP contribution is -2.26. The maximum Gasteiger partial charge on any atom is 0.323 e. The van der Waals surface area contributed by atoms with Gasteiger partial charge < -0.3 is 15.7 Å². The lowest BCUT2D eigenvalue weighted by Gasteiger charge is -2.26. The Morgan fingerprint density at radius 1 is 1.25 bits per heavy atom. The van der Waals surface area contributed by atoms with E-state index in [-0.39, 0.29) is 6.54 Å². The van der Waals surface area contributed by atoms with Crippen molar-refractivity contribution in [1.82, 2.24) is 0 Å². The molecule has 2 rings (SSSR count). The molecule has 0 aliphatic carbocycles. The van der Waals surface area contributed by atoms with E-state index in [4.69, 9.17) is 5.73 Å². The second kappa shape index (κ2) is 8.02. The highest BCUT2D eigenvalue weighted by Crippen LogP contribution is 2.32. The largest absolute Gasteiger partial charge is 0.480 e. The van der Waals surface area contributed by atoms with Crippen LogP contribution >= 0.6 is 0 Å². The van der Waals surface area contributed by atoms with E-state index in [2.05, 4.69) is 13.0 Å². The fraction of sp³-hybridized carbons (Fsp3) is 0.263. The lowest BCUT2D eigenvalue weighted by molar-refractivity contribution is -0.135. The maximum atomic E-state index is 11.4. The Morgan fingerprint density at radius 3 is 2.54 bits per heavy atom. The average Bonchev–Trinajstić information content (AvgIpc) is 2.58. The SMILES string of the molecule is CCCCc1c(C#N)cccc1N(CC(=O)O)c1ccc(N)cc1. The molecule has 0 bridgehead atoms. The van der Waals surface area contributed by atoms with E-state index in [9.17, 15) is 15.2 Å². The van der Waals surface area contributed by atoms with E-state index in [1.807, 2.05) is 6.07 Å². The van der Waals surface area contributed by atoms with Crippen molar-refractivity contribution >= 4 is 23.0 Å². The Labute approximate surface area is 141 Å². The van der Waals surface area contributed by atoms with Gasteiger partial charge in [0.2, 0.25) is 0 Å². The fourth-order valence-corrected chi connectivity index (χ4v) is 2.65. The number of carbonyl (C=O) groups is 1. The monoisotopic (exact) mass is 323 g/mol. The van der Waals surface area contributed by atoms with Crippen molar-refractivity contribution in [2.75, 3.05) is 17.2 Å². The summed E-state index contributed by atoms with van der Waals surface area (Å²) in [6.07, 6.45) is 2.68. The van der Waals surface area contributed by atoms with Crippen molar-refractivity contribution < 1.29 is 9.90 Å². The van der Waals surface area contributed by atoms with E-state index < -0.39 is 5.97 Å². The Kier molecular flexibility index (Phi) is 5.80. The summed E-state index contributed by atoms with van der Waals surface area (Å²) in [6.45, 7) is 1.90. The molecule has 0 fully saturated rings. The first-order chi connectivity index (χ1) is 11.6. The number of rotatable bonds is 7. The van der Waals surface area contributed by atoms with Crippen molar-refractivity contribution in [2.45, 2.75) is 26.2 Å². The fourth-order valence-electron chi connectivity index (χ4n) is 2.65. The minimum Gasteiger partial charge on any atom is -0.480 e. The molecule has 0 saturated heterocycles. The number of carboxylic acid groups (broad SMARTS) is 1. The number of anilines is 3. The number of nitriles is 1. The minimum absolute atomic E-state index is 0.183. The molecule has 124 valence electrons. The molecule has 2 aromatic rings. The van der Waals surface area contributed by atoms with Crippen molar-refractivity contribution in [3.63, 3.8) is 0 Å². The predicted octanol–water partition coefficient (Wildman–Crippen LogP) is 3.71. The van der Waals surface area contributed by atoms with E-state index in [1.54, 1.807) is 41.3 Å². The van der Waals surface area contributed by atoms with Crippen LogP contribution in [0.2, 0.25) is 0 Å². The zero-order valence-corrected chi connectivity index (χ0v) is 13.7. The van der Waals surface area contributed by atoms with Crippen LogP contribution in [0.5, 0.6) is 0 Å². The summed E-state index contributed by atoms with van der Waals surface area (Å²) in [7, 11) is 0. The molecule has 24 heavy (non-hydrogen) atoms. The first kappa shape index (κ1) is 17.4. The molecule has 0 heterocycles. The van der Waals surface area contributed by atoms with Crippen LogP contribution < -0.4 is 10.6 Å². The molecule has 5 nitrogen and oxygen atoms in total. The molecule has 0 amide bonds. The van der Waals surface area contributed by atoms with Gasteiger partial charge in [0.15, 0.2) is 0 Å². The zero-order valence-electron chi connectivity index (χ0n) is 13.7. The van der Waals surface area contributed by atoms with Gasteiger partial charge in [-0.3, -0.25) is 4.79 Å². The molecule has 0 aliphatic rings. The summed E-state index contributed by atoms with van der Waals surface area (Å²) in [5.74, 6) is -0.935. The Morgan fingerprint density at radius 2 is 1.96 bits per heavy atom. The van der Waals surface area contributed by atoms with Crippen LogP contribution in [-0.4, -0.2) is 17.6 Å². The Bertz CT molecular complexity index is 748. The van der Waals surface area contributed by atoms with E-state index in [0.717, 1.165) is 36.2 Å². The van der Waals surface area contributed by atoms with Gasteiger partial charge in [-0.05, 0) is 54.8 Å². The number of carboxylic acids is 1.